The van der Waals surface area contributed by atoms with E-state index in [1.807, 2.05) is 13.8 Å². The second-order valence-electron chi connectivity index (χ2n) is 15.2. The third kappa shape index (κ3) is 3.80. The van der Waals surface area contributed by atoms with Crippen molar-refractivity contribution in [2.75, 3.05) is 14.2 Å². The van der Waals surface area contributed by atoms with E-state index in [9.17, 15) is 10.2 Å². The van der Waals surface area contributed by atoms with Gasteiger partial charge in [-0.15, -0.1) is 0 Å². The molecule has 0 aromatic heterocycles. The van der Waals surface area contributed by atoms with Gasteiger partial charge in [0, 0.05) is 20.1 Å². The maximum atomic E-state index is 11.1. The Hall–Kier alpha value is -0.460. The Labute approximate surface area is 225 Å². The van der Waals surface area contributed by atoms with Gasteiger partial charge in [0.1, 0.15) is 6.10 Å². The monoisotopic (exact) mass is 518 g/mol. The fourth-order valence-electron chi connectivity index (χ4n) is 10.5. The zero-order chi connectivity index (χ0) is 27.2. The van der Waals surface area contributed by atoms with E-state index in [0.29, 0.717) is 17.8 Å². The van der Waals surface area contributed by atoms with Crippen molar-refractivity contribution in [2.24, 2.45) is 45.3 Å². The van der Waals surface area contributed by atoms with E-state index in [2.05, 4.69) is 40.7 Å². The fourth-order valence-corrected chi connectivity index (χ4v) is 10.5. The molecule has 1 saturated heterocycles. The summed E-state index contributed by atoms with van der Waals surface area (Å²) < 4.78 is 17.9. The minimum Gasteiger partial charge on any atom is -0.393 e. The maximum absolute atomic E-state index is 11.1. The van der Waals surface area contributed by atoms with Crippen molar-refractivity contribution in [3.8, 4) is 0 Å². The molecule has 11 atom stereocenters. The van der Waals surface area contributed by atoms with E-state index >= 15 is 0 Å². The van der Waals surface area contributed by atoms with Crippen LogP contribution < -0.4 is 0 Å². The molecule has 1 aliphatic heterocycles. The number of hydrogen-bond acceptors (Lipinski definition) is 5. The van der Waals surface area contributed by atoms with Gasteiger partial charge in [0.25, 0.3) is 0 Å². The van der Waals surface area contributed by atoms with Crippen LogP contribution in [0.2, 0.25) is 0 Å². The standard InChI is InChI=1S/C32H54O5/c1-28(2)24-11-10-22-21(30(24,5)15-14-25(28)33)13-17-31(6)20(12-16-32(22,31)7)19-18-23(37-27(19)35-8)26(34)29(3,4)36-9/h10,19-21,23-27,33-34H,11-18H2,1-9H3/t19-,20+,21-,23+,24-,25-,26-,27+,30+,31-,32+/m0/s1. The van der Waals surface area contributed by atoms with Gasteiger partial charge in [-0.3, -0.25) is 0 Å². The molecule has 37 heavy (non-hydrogen) atoms. The van der Waals surface area contributed by atoms with E-state index in [0.717, 1.165) is 25.7 Å². The largest absolute Gasteiger partial charge is 0.393 e. The van der Waals surface area contributed by atoms with Crippen LogP contribution in [0.1, 0.15) is 99.8 Å². The third-order valence-corrected chi connectivity index (χ3v) is 13.4. The summed E-state index contributed by atoms with van der Waals surface area (Å²) in [6.07, 6.45) is 10.0. The molecule has 212 valence electrons. The molecule has 5 aliphatic rings. The smallest absolute Gasteiger partial charge is 0.160 e. The number of methoxy groups -OCH3 is 2. The summed E-state index contributed by atoms with van der Waals surface area (Å²) in [5, 5.41) is 22.0. The Balaban J connectivity index is 1.44. The van der Waals surface area contributed by atoms with Crippen LogP contribution in [0.15, 0.2) is 11.6 Å². The molecule has 0 unspecified atom stereocenters. The highest BCUT2D eigenvalue weighted by Gasteiger charge is 2.66. The Kier molecular flexibility index (Phi) is 6.85. The van der Waals surface area contributed by atoms with E-state index in [1.165, 1.54) is 25.7 Å². The molecule has 5 rings (SSSR count). The van der Waals surface area contributed by atoms with Crippen molar-refractivity contribution in [1.82, 2.24) is 0 Å². The van der Waals surface area contributed by atoms with Gasteiger partial charge < -0.3 is 24.4 Å². The Morgan fingerprint density at radius 3 is 2.38 bits per heavy atom. The van der Waals surface area contributed by atoms with Crippen molar-refractivity contribution in [3.05, 3.63) is 11.6 Å². The zero-order valence-corrected chi connectivity index (χ0v) is 25.0. The molecule has 5 heteroatoms. The lowest BCUT2D eigenvalue weighted by Gasteiger charge is -2.64. The van der Waals surface area contributed by atoms with Gasteiger partial charge in [-0.2, -0.15) is 0 Å². The predicted octanol–water partition coefficient (Wildman–Crippen LogP) is 6.12. The molecule has 0 radical (unpaired) electrons. The molecule has 1 heterocycles. The first-order valence-corrected chi connectivity index (χ1v) is 15.0. The summed E-state index contributed by atoms with van der Waals surface area (Å²) in [5.41, 5.74) is 1.65. The number of fused-ring (bicyclic) bond motifs is 5. The van der Waals surface area contributed by atoms with Gasteiger partial charge in [-0.1, -0.05) is 46.3 Å². The number of aliphatic hydroxyl groups excluding tert-OH is 2. The van der Waals surface area contributed by atoms with Crippen molar-refractivity contribution >= 4 is 0 Å². The van der Waals surface area contributed by atoms with Crippen LogP contribution in [0.4, 0.5) is 0 Å². The zero-order valence-electron chi connectivity index (χ0n) is 25.0. The summed E-state index contributed by atoms with van der Waals surface area (Å²) >= 11 is 0. The average Bonchev–Trinajstić information content (AvgIpc) is 3.39. The molecule has 0 aromatic rings. The number of rotatable bonds is 5. The van der Waals surface area contributed by atoms with E-state index in [4.69, 9.17) is 14.2 Å². The Morgan fingerprint density at radius 2 is 1.73 bits per heavy atom. The van der Waals surface area contributed by atoms with Gasteiger partial charge >= 0.3 is 0 Å². The van der Waals surface area contributed by atoms with Crippen LogP contribution in [0.3, 0.4) is 0 Å². The number of ether oxygens (including phenoxy) is 3. The molecular weight excluding hydrogens is 464 g/mol. The average molecular weight is 519 g/mol. The van der Waals surface area contributed by atoms with Crippen LogP contribution in [-0.4, -0.2) is 54.6 Å². The number of hydrogen-bond donors (Lipinski definition) is 2. The van der Waals surface area contributed by atoms with Crippen molar-refractivity contribution < 1.29 is 24.4 Å². The molecule has 3 saturated carbocycles. The predicted molar refractivity (Wildman–Crippen MR) is 146 cm³/mol. The Morgan fingerprint density at radius 1 is 1.03 bits per heavy atom. The molecule has 0 aromatic carbocycles. The molecular formula is C32H54O5. The molecule has 0 spiro atoms. The highest BCUT2D eigenvalue weighted by molar-refractivity contribution is 5.33. The topological polar surface area (TPSA) is 68.2 Å². The van der Waals surface area contributed by atoms with E-state index in [-0.39, 0.29) is 46.1 Å². The van der Waals surface area contributed by atoms with E-state index in [1.54, 1.807) is 19.8 Å². The Bertz CT molecular complexity index is 911. The summed E-state index contributed by atoms with van der Waals surface area (Å²) in [6.45, 7) is 16.1. The third-order valence-electron chi connectivity index (χ3n) is 13.4. The first-order chi connectivity index (χ1) is 17.2. The first-order valence-electron chi connectivity index (χ1n) is 15.0. The van der Waals surface area contributed by atoms with Crippen molar-refractivity contribution in [3.63, 3.8) is 0 Å². The van der Waals surface area contributed by atoms with Crippen LogP contribution in [0.25, 0.3) is 0 Å². The highest BCUT2D eigenvalue weighted by Crippen LogP contribution is 2.73. The number of aliphatic hydroxyl groups is 2. The minimum atomic E-state index is -0.695. The van der Waals surface area contributed by atoms with Gasteiger partial charge in [0.15, 0.2) is 6.29 Å². The van der Waals surface area contributed by atoms with Crippen molar-refractivity contribution in [2.45, 2.75) is 130 Å². The SMILES string of the molecule is CO[C@@H]1O[C@@H]([C@H](O)C(C)(C)OC)C[C@H]1[C@H]1CC[C@]2(C)C3=CC[C@H]4C(C)(C)[C@@H](O)CC[C@]4(C)[C@H]3CC[C@@]12C. The molecule has 0 bridgehead atoms. The first kappa shape index (κ1) is 28.1. The molecule has 2 N–H and O–H groups in total. The van der Waals surface area contributed by atoms with Gasteiger partial charge in [0.05, 0.1) is 17.8 Å². The second-order valence-corrected chi connectivity index (χ2v) is 15.2. The quantitative estimate of drug-likeness (QED) is 0.430. The van der Waals surface area contributed by atoms with Gasteiger partial charge in [0.2, 0.25) is 0 Å². The summed E-state index contributed by atoms with van der Waals surface area (Å²) in [7, 11) is 3.41. The van der Waals surface area contributed by atoms with Gasteiger partial charge in [-0.05, 0) is 105 Å². The van der Waals surface area contributed by atoms with Gasteiger partial charge in [-0.25, -0.2) is 0 Å². The maximum Gasteiger partial charge on any atom is 0.160 e. The lowest BCUT2D eigenvalue weighted by atomic mass is 9.41. The molecule has 4 fully saturated rings. The van der Waals surface area contributed by atoms with Crippen LogP contribution >= 0.6 is 0 Å². The fraction of sp³-hybridized carbons (Fsp3) is 0.938. The summed E-state index contributed by atoms with van der Waals surface area (Å²) in [5.74, 6) is 1.93. The highest BCUT2D eigenvalue weighted by atomic mass is 16.7. The van der Waals surface area contributed by atoms with E-state index < -0.39 is 11.7 Å². The van der Waals surface area contributed by atoms with Crippen molar-refractivity contribution in [1.29, 1.82) is 0 Å². The normalized spacial score (nSPS) is 50.1. The lowest BCUT2D eigenvalue weighted by molar-refractivity contribution is -0.189. The second kappa shape index (κ2) is 9.03. The molecule has 5 nitrogen and oxygen atoms in total. The van der Waals surface area contributed by atoms with Crippen LogP contribution in [0.5, 0.6) is 0 Å². The molecule has 0 amide bonds. The minimum absolute atomic E-state index is 0.0341. The summed E-state index contributed by atoms with van der Waals surface area (Å²) in [6, 6.07) is 0. The summed E-state index contributed by atoms with van der Waals surface area (Å²) in [4.78, 5) is 0. The van der Waals surface area contributed by atoms with Crippen LogP contribution in [0, 0.1) is 45.3 Å². The number of allylic oxidation sites excluding steroid dienone is 2. The molecule has 4 aliphatic carbocycles. The van der Waals surface area contributed by atoms with Crippen LogP contribution in [-0.2, 0) is 14.2 Å². The lowest BCUT2D eigenvalue weighted by Crippen LogP contribution is -2.58.